The van der Waals surface area contributed by atoms with Gasteiger partial charge in [-0.05, 0) is 36.8 Å². The fourth-order valence-electron chi connectivity index (χ4n) is 2.43. The van der Waals surface area contributed by atoms with Crippen LogP contribution in [0.5, 0.6) is 0 Å². The molecule has 0 bridgehead atoms. The van der Waals surface area contributed by atoms with Gasteiger partial charge in [-0.15, -0.1) is 0 Å². The molecule has 112 valence electrons. The first-order chi connectivity index (χ1) is 9.98. The van der Waals surface area contributed by atoms with Gasteiger partial charge in [0.25, 0.3) is 0 Å². The van der Waals surface area contributed by atoms with E-state index < -0.39 is 10.0 Å². The minimum atomic E-state index is -3.49. The SMILES string of the molecule is Cc1cc(Cl)nc2ccc(S(=O)(=O)N3CCOCC3)cc12. The maximum atomic E-state index is 12.6. The van der Waals surface area contributed by atoms with Crippen LogP contribution in [0.25, 0.3) is 10.9 Å². The van der Waals surface area contributed by atoms with E-state index >= 15 is 0 Å². The summed E-state index contributed by atoms with van der Waals surface area (Å²) in [5, 5.41) is 1.21. The van der Waals surface area contributed by atoms with Gasteiger partial charge in [0.05, 0.1) is 23.6 Å². The summed E-state index contributed by atoms with van der Waals surface area (Å²) < 4.78 is 31.9. The van der Waals surface area contributed by atoms with Crippen molar-refractivity contribution >= 4 is 32.5 Å². The number of morpholine rings is 1. The number of aryl methyl sites for hydroxylation is 1. The Balaban J connectivity index is 2.08. The average molecular weight is 327 g/mol. The van der Waals surface area contributed by atoms with Gasteiger partial charge in [-0.1, -0.05) is 11.6 Å². The van der Waals surface area contributed by atoms with Crippen molar-refractivity contribution in [1.29, 1.82) is 0 Å². The summed E-state index contributed by atoms with van der Waals surface area (Å²) in [6.45, 7) is 3.53. The lowest BCUT2D eigenvalue weighted by atomic mass is 10.1. The van der Waals surface area contributed by atoms with Crippen LogP contribution < -0.4 is 0 Å². The van der Waals surface area contributed by atoms with Crippen LogP contribution in [0.4, 0.5) is 0 Å². The van der Waals surface area contributed by atoms with Crippen molar-refractivity contribution in [1.82, 2.24) is 9.29 Å². The molecule has 1 aliphatic heterocycles. The van der Waals surface area contributed by atoms with E-state index in [1.807, 2.05) is 6.92 Å². The van der Waals surface area contributed by atoms with Crippen molar-refractivity contribution in [3.63, 3.8) is 0 Å². The number of halogens is 1. The highest BCUT2D eigenvalue weighted by Crippen LogP contribution is 2.25. The maximum Gasteiger partial charge on any atom is 0.243 e. The fraction of sp³-hybridized carbons (Fsp3) is 0.357. The van der Waals surface area contributed by atoms with Gasteiger partial charge in [-0.25, -0.2) is 13.4 Å². The van der Waals surface area contributed by atoms with E-state index in [2.05, 4.69) is 4.98 Å². The van der Waals surface area contributed by atoms with E-state index in [0.717, 1.165) is 10.9 Å². The van der Waals surface area contributed by atoms with Crippen LogP contribution in [0.1, 0.15) is 5.56 Å². The second kappa shape index (κ2) is 5.53. The third-order valence-corrected chi connectivity index (χ3v) is 5.65. The molecule has 2 aromatic rings. The van der Waals surface area contributed by atoms with Gasteiger partial charge in [-0.3, -0.25) is 0 Å². The predicted molar refractivity (Wildman–Crippen MR) is 81.1 cm³/mol. The Morgan fingerprint density at radius 1 is 1.24 bits per heavy atom. The molecule has 1 aromatic carbocycles. The molecule has 2 heterocycles. The highest BCUT2D eigenvalue weighted by atomic mass is 35.5. The normalized spacial score (nSPS) is 17.2. The highest BCUT2D eigenvalue weighted by molar-refractivity contribution is 7.89. The Kier molecular flexibility index (Phi) is 3.88. The molecule has 0 radical (unpaired) electrons. The van der Waals surface area contributed by atoms with E-state index in [1.165, 1.54) is 4.31 Å². The molecule has 0 atom stereocenters. The minimum Gasteiger partial charge on any atom is -0.379 e. The fourth-order valence-corrected chi connectivity index (χ4v) is 4.12. The van der Waals surface area contributed by atoms with Crippen LogP contribution in [-0.4, -0.2) is 44.0 Å². The van der Waals surface area contributed by atoms with Gasteiger partial charge in [0, 0.05) is 18.5 Å². The number of pyridine rings is 1. The zero-order valence-electron chi connectivity index (χ0n) is 11.5. The maximum absolute atomic E-state index is 12.6. The van der Waals surface area contributed by atoms with Gasteiger partial charge in [0.2, 0.25) is 10.0 Å². The van der Waals surface area contributed by atoms with Crippen LogP contribution >= 0.6 is 11.6 Å². The number of aromatic nitrogens is 1. The summed E-state index contributed by atoms with van der Waals surface area (Å²) in [4.78, 5) is 4.49. The van der Waals surface area contributed by atoms with E-state index in [-0.39, 0.29) is 4.90 Å². The summed E-state index contributed by atoms with van der Waals surface area (Å²) in [5.74, 6) is 0. The summed E-state index contributed by atoms with van der Waals surface area (Å²) in [6.07, 6.45) is 0. The Bertz CT molecular complexity index is 786. The molecule has 0 amide bonds. The number of fused-ring (bicyclic) bond motifs is 1. The van der Waals surface area contributed by atoms with Crippen molar-refractivity contribution < 1.29 is 13.2 Å². The number of nitrogens with zero attached hydrogens (tertiary/aromatic N) is 2. The third-order valence-electron chi connectivity index (χ3n) is 3.56. The molecular formula is C14H15ClN2O3S. The van der Waals surface area contributed by atoms with E-state index in [0.29, 0.717) is 37.0 Å². The molecule has 7 heteroatoms. The summed E-state index contributed by atoms with van der Waals surface area (Å²) >= 11 is 5.92. The predicted octanol–water partition coefficient (Wildman–Crippen LogP) is 2.22. The smallest absolute Gasteiger partial charge is 0.243 e. The van der Waals surface area contributed by atoms with Crippen molar-refractivity contribution in [2.75, 3.05) is 26.3 Å². The van der Waals surface area contributed by atoms with Crippen LogP contribution in [0.2, 0.25) is 5.15 Å². The molecule has 1 aliphatic rings. The number of ether oxygens (including phenoxy) is 1. The lowest BCUT2D eigenvalue weighted by Crippen LogP contribution is -2.40. The zero-order valence-corrected chi connectivity index (χ0v) is 13.1. The number of benzene rings is 1. The third kappa shape index (κ3) is 2.76. The zero-order chi connectivity index (χ0) is 15.0. The quantitative estimate of drug-likeness (QED) is 0.794. The molecule has 5 nitrogen and oxygen atoms in total. The molecular weight excluding hydrogens is 312 g/mol. The molecule has 1 fully saturated rings. The van der Waals surface area contributed by atoms with Crippen LogP contribution in [-0.2, 0) is 14.8 Å². The molecule has 0 spiro atoms. The van der Waals surface area contributed by atoms with Gasteiger partial charge in [0.1, 0.15) is 5.15 Å². The van der Waals surface area contributed by atoms with Gasteiger partial charge >= 0.3 is 0 Å². The number of sulfonamides is 1. The minimum absolute atomic E-state index is 0.282. The number of rotatable bonds is 2. The van der Waals surface area contributed by atoms with Crippen molar-refractivity contribution in [2.24, 2.45) is 0 Å². The molecule has 1 saturated heterocycles. The summed E-state index contributed by atoms with van der Waals surface area (Å²) in [7, 11) is -3.49. The van der Waals surface area contributed by atoms with Gasteiger partial charge in [0.15, 0.2) is 0 Å². The van der Waals surface area contributed by atoms with Crippen molar-refractivity contribution in [3.8, 4) is 0 Å². The molecule has 21 heavy (non-hydrogen) atoms. The Morgan fingerprint density at radius 2 is 1.95 bits per heavy atom. The second-order valence-electron chi connectivity index (χ2n) is 4.96. The van der Waals surface area contributed by atoms with Gasteiger partial charge in [-0.2, -0.15) is 4.31 Å². The first-order valence-electron chi connectivity index (χ1n) is 6.63. The average Bonchev–Trinajstić information content (AvgIpc) is 2.47. The van der Waals surface area contributed by atoms with Crippen LogP contribution in [0.15, 0.2) is 29.2 Å². The van der Waals surface area contributed by atoms with Crippen molar-refractivity contribution in [3.05, 3.63) is 35.0 Å². The van der Waals surface area contributed by atoms with E-state index in [4.69, 9.17) is 16.3 Å². The van der Waals surface area contributed by atoms with Crippen LogP contribution in [0.3, 0.4) is 0 Å². The Morgan fingerprint density at radius 3 is 2.67 bits per heavy atom. The molecule has 0 unspecified atom stereocenters. The first-order valence-corrected chi connectivity index (χ1v) is 8.45. The highest BCUT2D eigenvalue weighted by Gasteiger charge is 2.26. The molecule has 1 aromatic heterocycles. The lowest BCUT2D eigenvalue weighted by molar-refractivity contribution is 0.0730. The molecule has 3 rings (SSSR count). The summed E-state index contributed by atoms with van der Waals surface area (Å²) in [6, 6.07) is 6.67. The van der Waals surface area contributed by atoms with Crippen molar-refractivity contribution in [2.45, 2.75) is 11.8 Å². The Hall–Kier alpha value is -1.21. The standard InChI is InChI=1S/C14H15ClN2O3S/c1-10-8-14(15)16-13-3-2-11(9-12(10)13)21(18,19)17-4-6-20-7-5-17/h2-3,8-9H,4-7H2,1H3. The van der Waals surface area contributed by atoms with E-state index in [9.17, 15) is 8.42 Å². The topological polar surface area (TPSA) is 59.5 Å². The Labute approximate surface area is 128 Å². The largest absolute Gasteiger partial charge is 0.379 e. The first kappa shape index (κ1) is 14.7. The van der Waals surface area contributed by atoms with Crippen LogP contribution in [0, 0.1) is 6.92 Å². The molecule has 0 aliphatic carbocycles. The number of hydrogen-bond acceptors (Lipinski definition) is 4. The second-order valence-corrected chi connectivity index (χ2v) is 7.28. The van der Waals surface area contributed by atoms with E-state index in [1.54, 1.807) is 24.3 Å². The monoisotopic (exact) mass is 326 g/mol. The molecule has 0 saturated carbocycles. The lowest BCUT2D eigenvalue weighted by Gasteiger charge is -2.26. The summed E-state index contributed by atoms with van der Waals surface area (Å²) in [5.41, 5.74) is 1.60. The number of hydrogen-bond donors (Lipinski definition) is 0. The molecule has 0 N–H and O–H groups in total. The van der Waals surface area contributed by atoms with Gasteiger partial charge < -0.3 is 4.74 Å².